The summed E-state index contributed by atoms with van der Waals surface area (Å²) in [5, 5.41) is 0. The summed E-state index contributed by atoms with van der Waals surface area (Å²) in [5.41, 5.74) is 0. The predicted molar refractivity (Wildman–Crippen MR) is 5.75 cm³/mol. The molecule has 0 atom stereocenters. The third-order valence-electron chi connectivity index (χ3n) is 0. The van der Waals surface area contributed by atoms with Crippen molar-refractivity contribution in [2.45, 2.75) is 0 Å². The first-order valence-corrected chi connectivity index (χ1v) is 0. The van der Waals surface area contributed by atoms with E-state index in [1.807, 2.05) is 0 Å². The largest absolute Gasteiger partial charge is 3.00 e. The quantitative estimate of drug-likeness (QED) is 0.259. The molecule has 0 amide bonds. The summed E-state index contributed by atoms with van der Waals surface area (Å²) in [5.74, 6) is 0. The molecule has 0 N–H and O–H groups in total. The second-order valence-corrected chi connectivity index (χ2v) is 0. The molecule has 0 aromatic heterocycles. The van der Waals surface area contributed by atoms with E-state index in [0.29, 0.717) is 0 Å². The summed E-state index contributed by atoms with van der Waals surface area (Å²) in [6, 6.07) is 0. The van der Waals surface area contributed by atoms with E-state index in [-0.39, 0.29) is 122 Å². The van der Waals surface area contributed by atoms with E-state index in [4.69, 9.17) is 0 Å². The zero-order valence-electron chi connectivity index (χ0n) is 4.47. The fourth-order valence-corrected chi connectivity index (χ4v) is 0. The zero-order chi connectivity index (χ0) is 0. The van der Waals surface area contributed by atoms with Gasteiger partial charge in [-0.25, -0.2) is 0 Å². The van der Waals surface area contributed by atoms with Crippen molar-refractivity contribution in [3.8, 4) is 0 Å². The van der Waals surface area contributed by atoms with Gasteiger partial charge >= 0.3 is 98.3 Å². The van der Waals surface area contributed by atoms with E-state index < -0.39 is 0 Å². The van der Waals surface area contributed by atoms with Crippen LogP contribution in [0.4, 0.5) is 0 Å². The standard InChI is InChI=1S/Al.5FH.K.Na/h;5*1H;;/q+3;;;;;;2*+1/p-5. The summed E-state index contributed by atoms with van der Waals surface area (Å²) in [4.78, 5) is 0. The Hall–Kier alpha value is 2.82. The molecule has 0 aromatic carbocycles. The van der Waals surface area contributed by atoms with Crippen LogP contribution >= 0.6 is 0 Å². The summed E-state index contributed by atoms with van der Waals surface area (Å²) in [7, 11) is 0. The average molecular weight is 184 g/mol. The number of hydrogen-bond acceptors (Lipinski definition) is 0. The molecule has 0 radical (unpaired) electrons. The van der Waals surface area contributed by atoms with E-state index in [1.165, 1.54) is 0 Å². The topological polar surface area (TPSA) is 0 Å². The van der Waals surface area contributed by atoms with E-state index in [1.54, 1.807) is 0 Å². The van der Waals surface area contributed by atoms with Crippen LogP contribution in [0.1, 0.15) is 0 Å². The summed E-state index contributed by atoms with van der Waals surface area (Å²) >= 11 is 0. The van der Waals surface area contributed by atoms with Gasteiger partial charge in [-0.1, -0.05) is 0 Å². The molecule has 0 saturated heterocycles. The number of hydrogen-bond donors (Lipinski definition) is 0. The molecule has 0 bridgehead atoms. The van der Waals surface area contributed by atoms with Crippen LogP contribution in [0, 0.1) is 0 Å². The fraction of sp³-hybridized carbons (Fsp3) is 0. The molecule has 0 spiro atoms. The second-order valence-electron chi connectivity index (χ2n) is 0. The van der Waals surface area contributed by atoms with Crippen LogP contribution in [0.3, 0.4) is 0 Å². The van der Waals surface area contributed by atoms with Gasteiger partial charge in [-0.05, 0) is 0 Å². The van der Waals surface area contributed by atoms with E-state index in [2.05, 4.69) is 0 Å². The van der Waals surface area contributed by atoms with Gasteiger partial charge in [0.15, 0.2) is 0 Å². The third kappa shape index (κ3) is 67.9. The second kappa shape index (κ2) is 96.1. The monoisotopic (exact) mass is 184 g/mol. The van der Waals surface area contributed by atoms with Gasteiger partial charge in [0.1, 0.15) is 0 Å². The molecular weight excluding hydrogens is 184 g/mol. The summed E-state index contributed by atoms with van der Waals surface area (Å²) in [6.07, 6.45) is 0. The SMILES string of the molecule is [Al+3].[F-].[F-].[F-].[F-].[F-].[K+].[Na+]. The predicted octanol–water partition coefficient (Wildman–Crippen LogP) is -21.4. The van der Waals surface area contributed by atoms with Gasteiger partial charge < -0.3 is 23.5 Å². The van der Waals surface area contributed by atoms with Crippen LogP contribution in [0.2, 0.25) is 0 Å². The Bertz CT molecular complexity index is 12.4. The van der Waals surface area contributed by atoms with Crippen molar-refractivity contribution in [1.82, 2.24) is 0 Å². The molecule has 40 valence electrons. The smallest absolute Gasteiger partial charge is 1.00 e. The van der Waals surface area contributed by atoms with Crippen molar-refractivity contribution in [1.29, 1.82) is 0 Å². The van der Waals surface area contributed by atoms with Gasteiger partial charge in [0.25, 0.3) is 0 Å². The Balaban J connectivity index is 0. The van der Waals surface area contributed by atoms with Gasteiger partial charge in [0.2, 0.25) is 0 Å². The Labute approximate surface area is 119 Å². The molecule has 0 aliphatic heterocycles. The first kappa shape index (κ1) is 131. The van der Waals surface area contributed by atoms with Crippen molar-refractivity contribution >= 4 is 17.4 Å². The van der Waals surface area contributed by atoms with Crippen LogP contribution in [0.25, 0.3) is 0 Å². The third-order valence-corrected chi connectivity index (χ3v) is 0. The van der Waals surface area contributed by atoms with Crippen LogP contribution in [-0.4, -0.2) is 17.4 Å². The van der Waals surface area contributed by atoms with Crippen molar-refractivity contribution in [3.05, 3.63) is 0 Å². The first-order valence-electron chi connectivity index (χ1n) is 0. The summed E-state index contributed by atoms with van der Waals surface area (Å²) < 4.78 is 0. The van der Waals surface area contributed by atoms with Crippen molar-refractivity contribution in [2.75, 3.05) is 0 Å². The van der Waals surface area contributed by atoms with E-state index in [0.717, 1.165) is 0 Å². The maximum absolute atomic E-state index is 0. The molecule has 0 nitrogen and oxygen atoms in total. The molecule has 0 heterocycles. The van der Waals surface area contributed by atoms with Crippen molar-refractivity contribution < 1.29 is 104 Å². The van der Waals surface area contributed by atoms with Gasteiger partial charge in [-0.2, -0.15) is 0 Å². The maximum atomic E-state index is 0. The van der Waals surface area contributed by atoms with Crippen LogP contribution in [0.15, 0.2) is 0 Å². The molecule has 0 fully saturated rings. The number of halogens is 5. The summed E-state index contributed by atoms with van der Waals surface area (Å²) in [6.45, 7) is 0. The van der Waals surface area contributed by atoms with Crippen LogP contribution < -0.4 is 104 Å². The Morgan fingerprint density at radius 2 is 0.500 bits per heavy atom. The first-order chi connectivity index (χ1) is 0. The fourth-order valence-electron chi connectivity index (χ4n) is 0. The van der Waals surface area contributed by atoms with Crippen LogP contribution in [-0.2, 0) is 0 Å². The minimum absolute atomic E-state index is 0. The molecule has 8 heavy (non-hydrogen) atoms. The van der Waals surface area contributed by atoms with Crippen molar-refractivity contribution in [2.24, 2.45) is 0 Å². The normalized spacial score (nSPS) is 0. The van der Waals surface area contributed by atoms with E-state index in [9.17, 15) is 0 Å². The maximum Gasteiger partial charge on any atom is 3.00 e. The molecule has 0 rings (SSSR count). The van der Waals surface area contributed by atoms with E-state index >= 15 is 0 Å². The Morgan fingerprint density at radius 3 is 0.500 bits per heavy atom. The molecule has 0 saturated carbocycles. The zero-order valence-corrected chi connectivity index (χ0v) is 10.7. The molecule has 8 heteroatoms. The minimum Gasteiger partial charge on any atom is -1.00 e. The van der Waals surface area contributed by atoms with Crippen LogP contribution in [0.5, 0.6) is 0 Å². The molecule has 0 aliphatic carbocycles. The molecule has 0 unspecified atom stereocenters. The molecule has 0 aliphatic rings. The minimum atomic E-state index is 0. The van der Waals surface area contributed by atoms with Gasteiger partial charge in [0, 0.05) is 0 Å². The van der Waals surface area contributed by atoms with Gasteiger partial charge in [-0.3, -0.25) is 0 Å². The van der Waals surface area contributed by atoms with Gasteiger partial charge in [-0.15, -0.1) is 0 Å². The Kier molecular flexibility index (Phi) is 1580. The van der Waals surface area contributed by atoms with Crippen molar-refractivity contribution in [3.63, 3.8) is 0 Å². The Morgan fingerprint density at radius 1 is 0.500 bits per heavy atom. The molecule has 0 aromatic rings. The van der Waals surface area contributed by atoms with Gasteiger partial charge in [0.05, 0.1) is 0 Å². The average Bonchev–Trinajstić information content (AvgIpc) is 0. The number of rotatable bonds is 0. The molecular formula is AlF5KNa.